The van der Waals surface area contributed by atoms with Crippen LogP contribution in [0.15, 0.2) is 83.5 Å². The van der Waals surface area contributed by atoms with Crippen LogP contribution < -0.4 is 5.32 Å². The van der Waals surface area contributed by atoms with E-state index in [2.05, 4.69) is 75.5 Å². The summed E-state index contributed by atoms with van der Waals surface area (Å²) < 4.78 is 6.01. The van der Waals surface area contributed by atoms with Gasteiger partial charge < -0.3 is 14.6 Å². The lowest BCUT2D eigenvalue weighted by atomic mass is 9.78. The molecular weight excluding hydrogens is 468 g/mol. The highest BCUT2D eigenvalue weighted by molar-refractivity contribution is 5.92. The number of nitrogens with zero attached hydrogens (tertiary/aromatic N) is 1. The molecule has 0 aliphatic heterocycles. The number of amides is 2. The van der Waals surface area contributed by atoms with Gasteiger partial charge in [-0.1, -0.05) is 107 Å². The van der Waals surface area contributed by atoms with E-state index >= 15 is 0 Å². The summed E-state index contributed by atoms with van der Waals surface area (Å²) in [4.78, 5) is 16.3. The Morgan fingerprint density at radius 1 is 0.868 bits per heavy atom. The molecule has 1 N–H and O–H groups in total. The van der Waals surface area contributed by atoms with Crippen molar-refractivity contribution in [3.8, 4) is 0 Å². The number of nitrogens with one attached hydrogen (secondary N) is 1. The highest BCUT2D eigenvalue weighted by Crippen LogP contribution is 2.45. The van der Waals surface area contributed by atoms with Gasteiger partial charge in [-0.2, -0.15) is 0 Å². The summed E-state index contributed by atoms with van der Waals surface area (Å²) in [5, 5.41) is 4.57. The number of carbonyl (C=O) groups is 1. The Bertz CT molecular complexity index is 1350. The molecular formula is C34H40N2O2. The van der Waals surface area contributed by atoms with E-state index in [1.807, 2.05) is 41.5 Å². The van der Waals surface area contributed by atoms with Crippen molar-refractivity contribution in [2.75, 3.05) is 11.9 Å². The second-order valence-electron chi connectivity index (χ2n) is 11.5. The Balaban J connectivity index is 1.53. The van der Waals surface area contributed by atoms with Crippen LogP contribution in [0.5, 0.6) is 0 Å². The summed E-state index contributed by atoms with van der Waals surface area (Å²) in [6.45, 7) is 9.97. The third kappa shape index (κ3) is 5.22. The van der Waals surface area contributed by atoms with E-state index in [0.717, 1.165) is 42.5 Å². The predicted octanol–water partition coefficient (Wildman–Crippen LogP) is 9.23. The van der Waals surface area contributed by atoms with Gasteiger partial charge in [-0.3, -0.25) is 0 Å². The van der Waals surface area contributed by atoms with Crippen LogP contribution >= 0.6 is 0 Å². The van der Waals surface area contributed by atoms with Crippen LogP contribution in [0.2, 0.25) is 0 Å². The largest absolute Gasteiger partial charge is 0.464 e. The maximum Gasteiger partial charge on any atom is 0.322 e. The molecule has 5 rings (SSSR count). The Hall–Kier alpha value is -3.53. The summed E-state index contributed by atoms with van der Waals surface area (Å²) in [6.07, 6.45) is 6.37. The van der Waals surface area contributed by atoms with E-state index in [0.29, 0.717) is 24.9 Å². The number of urea groups is 1. The zero-order valence-electron chi connectivity index (χ0n) is 23.2. The predicted molar refractivity (Wildman–Crippen MR) is 157 cm³/mol. The number of hydrogen-bond acceptors (Lipinski definition) is 2. The zero-order valence-corrected chi connectivity index (χ0v) is 23.2. The smallest absolute Gasteiger partial charge is 0.322 e. The van der Waals surface area contributed by atoms with Crippen LogP contribution in [0, 0.1) is 0 Å². The average molecular weight is 509 g/mol. The van der Waals surface area contributed by atoms with Crippen molar-refractivity contribution in [3.63, 3.8) is 0 Å². The standard InChI is InChI=1S/C34H40N2O2/c1-24(2)27-16-12-17-28(25(3)4)32(27)35-33(37)36(21-26-13-6-5-7-14-26)23-34(19-10-11-20-34)30-22-38-31-18-9-8-15-29(30)31/h5-9,12-18,22,24-25H,10-11,19-21,23H2,1-4H3,(H,35,37). The number of carbonyl (C=O) groups excluding carboxylic acids is 1. The van der Waals surface area contributed by atoms with Gasteiger partial charge in [-0.25, -0.2) is 4.79 Å². The molecule has 1 aromatic heterocycles. The first-order chi connectivity index (χ1) is 18.4. The van der Waals surface area contributed by atoms with Crippen molar-refractivity contribution >= 4 is 22.7 Å². The van der Waals surface area contributed by atoms with Gasteiger partial charge in [0.2, 0.25) is 0 Å². The lowest BCUT2D eigenvalue weighted by Crippen LogP contribution is -2.44. The van der Waals surface area contributed by atoms with Crippen LogP contribution in [-0.2, 0) is 12.0 Å². The van der Waals surface area contributed by atoms with Gasteiger partial charge in [0, 0.05) is 35.1 Å². The molecule has 198 valence electrons. The maximum absolute atomic E-state index is 14.2. The van der Waals surface area contributed by atoms with Crippen molar-refractivity contribution in [1.82, 2.24) is 4.90 Å². The van der Waals surface area contributed by atoms with Gasteiger partial charge in [-0.15, -0.1) is 0 Å². The Kier molecular flexibility index (Phi) is 7.60. The van der Waals surface area contributed by atoms with Crippen molar-refractivity contribution in [1.29, 1.82) is 0 Å². The first-order valence-corrected chi connectivity index (χ1v) is 14.1. The van der Waals surface area contributed by atoms with E-state index in [1.54, 1.807) is 0 Å². The fourth-order valence-electron chi connectivity index (χ4n) is 6.20. The summed E-state index contributed by atoms with van der Waals surface area (Å²) in [6, 6.07) is 25.0. The highest BCUT2D eigenvalue weighted by Gasteiger charge is 2.41. The molecule has 3 aromatic carbocycles. The van der Waals surface area contributed by atoms with Crippen molar-refractivity contribution in [2.24, 2.45) is 0 Å². The second-order valence-corrected chi connectivity index (χ2v) is 11.5. The minimum atomic E-state index is -0.128. The monoisotopic (exact) mass is 508 g/mol. The number of para-hydroxylation sites is 2. The molecule has 0 saturated heterocycles. The van der Waals surface area contributed by atoms with Gasteiger partial charge >= 0.3 is 6.03 Å². The molecule has 1 saturated carbocycles. The summed E-state index contributed by atoms with van der Waals surface area (Å²) in [5.41, 5.74) is 6.49. The van der Waals surface area contributed by atoms with Crippen LogP contribution in [0.3, 0.4) is 0 Å². The topological polar surface area (TPSA) is 45.5 Å². The Morgan fingerprint density at radius 2 is 1.50 bits per heavy atom. The molecule has 0 radical (unpaired) electrons. The highest BCUT2D eigenvalue weighted by atomic mass is 16.3. The van der Waals surface area contributed by atoms with Gasteiger partial charge in [0.15, 0.2) is 0 Å². The minimum absolute atomic E-state index is 0.0390. The molecule has 4 heteroatoms. The fourth-order valence-corrected chi connectivity index (χ4v) is 6.20. The normalized spacial score (nSPS) is 14.9. The maximum atomic E-state index is 14.2. The lowest BCUT2D eigenvalue weighted by Gasteiger charge is -2.36. The van der Waals surface area contributed by atoms with Gasteiger partial charge in [-0.05, 0) is 47.4 Å². The molecule has 0 atom stereocenters. The number of fused-ring (bicyclic) bond motifs is 1. The summed E-state index contributed by atoms with van der Waals surface area (Å²) in [5.74, 6) is 0.620. The molecule has 1 aliphatic rings. The van der Waals surface area contributed by atoms with Crippen molar-refractivity contribution < 1.29 is 9.21 Å². The number of hydrogen-bond donors (Lipinski definition) is 1. The van der Waals surface area contributed by atoms with Gasteiger partial charge in [0.1, 0.15) is 5.58 Å². The van der Waals surface area contributed by atoms with Crippen molar-refractivity contribution in [2.45, 2.75) is 77.2 Å². The number of rotatable bonds is 8. The van der Waals surface area contributed by atoms with E-state index in [-0.39, 0.29) is 11.4 Å². The van der Waals surface area contributed by atoms with Crippen LogP contribution in [0.4, 0.5) is 10.5 Å². The summed E-state index contributed by atoms with van der Waals surface area (Å²) >= 11 is 0. The van der Waals surface area contributed by atoms with Crippen LogP contribution in [-0.4, -0.2) is 17.5 Å². The molecule has 38 heavy (non-hydrogen) atoms. The third-order valence-corrected chi connectivity index (χ3v) is 8.21. The molecule has 0 unspecified atom stereocenters. The second kappa shape index (κ2) is 11.1. The quantitative estimate of drug-likeness (QED) is 0.258. The molecule has 2 amide bonds. The van der Waals surface area contributed by atoms with Gasteiger partial charge in [0.05, 0.1) is 6.26 Å². The molecule has 0 bridgehead atoms. The summed E-state index contributed by atoms with van der Waals surface area (Å²) in [7, 11) is 0. The van der Waals surface area contributed by atoms with E-state index < -0.39 is 0 Å². The first-order valence-electron chi connectivity index (χ1n) is 14.1. The molecule has 1 aliphatic carbocycles. The van der Waals surface area contributed by atoms with E-state index in [1.165, 1.54) is 22.1 Å². The first kappa shape index (κ1) is 26.1. The number of furan rings is 1. The number of anilines is 1. The third-order valence-electron chi connectivity index (χ3n) is 8.21. The molecule has 4 aromatic rings. The zero-order chi connectivity index (χ0) is 26.7. The average Bonchev–Trinajstić information content (AvgIpc) is 3.56. The molecule has 4 nitrogen and oxygen atoms in total. The SMILES string of the molecule is CC(C)c1cccc(C(C)C)c1NC(=O)N(Cc1ccccc1)CC1(c2coc3ccccc23)CCCC1. The number of benzene rings is 3. The van der Waals surface area contributed by atoms with E-state index in [4.69, 9.17) is 4.42 Å². The Labute approximate surface area is 227 Å². The van der Waals surface area contributed by atoms with Gasteiger partial charge in [0.25, 0.3) is 0 Å². The fraction of sp³-hybridized carbons (Fsp3) is 0.382. The molecule has 0 spiro atoms. The van der Waals surface area contributed by atoms with Crippen LogP contribution in [0.25, 0.3) is 11.0 Å². The van der Waals surface area contributed by atoms with E-state index in [9.17, 15) is 4.79 Å². The molecule has 1 heterocycles. The molecule has 1 fully saturated rings. The lowest BCUT2D eigenvalue weighted by molar-refractivity contribution is 0.189. The Morgan fingerprint density at radius 3 is 2.16 bits per heavy atom. The van der Waals surface area contributed by atoms with Crippen molar-refractivity contribution in [3.05, 3.63) is 101 Å². The minimum Gasteiger partial charge on any atom is -0.464 e. The van der Waals surface area contributed by atoms with Crippen LogP contribution in [0.1, 0.15) is 87.5 Å².